The van der Waals surface area contributed by atoms with Crippen LogP contribution in [0, 0.1) is 17.8 Å². The molecule has 5 rings (SSSR count). The number of carbonyl (C=O) groups excluding carboxylic acids is 2. The number of rotatable bonds is 7. The second kappa shape index (κ2) is 10.4. The molecule has 4 heterocycles. The minimum Gasteiger partial charge on any atom is -0.344 e. The lowest BCUT2D eigenvalue weighted by molar-refractivity contribution is -0.154. The Hall–Kier alpha value is -3.44. The first-order chi connectivity index (χ1) is 18.1. The van der Waals surface area contributed by atoms with Crippen molar-refractivity contribution < 1.29 is 22.8 Å². The van der Waals surface area contributed by atoms with Gasteiger partial charge in [-0.15, -0.1) is 0 Å². The Morgan fingerprint density at radius 2 is 1.97 bits per heavy atom. The maximum absolute atomic E-state index is 13.2. The number of amides is 2. The summed E-state index contributed by atoms with van der Waals surface area (Å²) in [4.78, 5) is 30.1. The number of carbonyl (C=O) groups is 2. The highest BCUT2D eigenvalue weighted by molar-refractivity contribution is 5.92. The quantitative estimate of drug-likeness (QED) is 0.482. The first-order valence-corrected chi connectivity index (χ1v) is 13.2. The summed E-state index contributed by atoms with van der Waals surface area (Å²) in [6.07, 6.45) is 2.77. The summed E-state index contributed by atoms with van der Waals surface area (Å²) in [6.45, 7) is 4.74. The lowest BCUT2D eigenvalue weighted by Crippen LogP contribution is -2.38. The zero-order valence-corrected chi connectivity index (χ0v) is 21.4. The summed E-state index contributed by atoms with van der Waals surface area (Å²) >= 11 is 0. The Balaban J connectivity index is 1.38. The molecule has 2 amide bonds. The fourth-order valence-corrected chi connectivity index (χ4v) is 5.63. The smallest absolute Gasteiger partial charge is 0.344 e. The molecule has 3 atom stereocenters. The second-order valence-electron chi connectivity index (χ2n) is 10.5. The number of hydrogen-bond donors (Lipinski definition) is 2. The van der Waals surface area contributed by atoms with E-state index in [4.69, 9.17) is 4.98 Å². The molecular weight excluding hydrogens is 499 g/mol. The van der Waals surface area contributed by atoms with Crippen molar-refractivity contribution in [1.29, 1.82) is 0 Å². The van der Waals surface area contributed by atoms with Crippen LogP contribution in [0.5, 0.6) is 0 Å². The first kappa shape index (κ1) is 26.2. The molecule has 2 fully saturated rings. The van der Waals surface area contributed by atoms with E-state index >= 15 is 0 Å². The van der Waals surface area contributed by atoms with Gasteiger partial charge in [-0.2, -0.15) is 23.4 Å². The maximum Gasteiger partial charge on any atom is 0.408 e. The predicted molar refractivity (Wildman–Crippen MR) is 132 cm³/mol. The molecule has 1 saturated heterocycles. The third-order valence-corrected chi connectivity index (χ3v) is 7.84. The van der Waals surface area contributed by atoms with Crippen LogP contribution in [0.3, 0.4) is 0 Å². The minimum absolute atomic E-state index is 0.101. The average molecular weight is 532 g/mol. The van der Waals surface area contributed by atoms with E-state index in [9.17, 15) is 22.8 Å². The molecular formula is C26H32F3N7O2. The number of alkyl halides is 3. The zero-order valence-electron chi connectivity index (χ0n) is 21.4. The molecule has 0 aromatic carbocycles. The monoisotopic (exact) mass is 531 g/mol. The first-order valence-electron chi connectivity index (χ1n) is 13.2. The summed E-state index contributed by atoms with van der Waals surface area (Å²) in [6, 6.07) is 2.98. The van der Waals surface area contributed by atoms with Gasteiger partial charge in [0, 0.05) is 25.1 Å². The Morgan fingerprint density at radius 3 is 2.66 bits per heavy atom. The molecule has 12 heteroatoms. The molecule has 2 aliphatic rings. The summed E-state index contributed by atoms with van der Waals surface area (Å²) in [5.41, 5.74) is 2.23. The van der Waals surface area contributed by atoms with Gasteiger partial charge in [-0.1, -0.05) is 19.8 Å². The number of halogens is 3. The van der Waals surface area contributed by atoms with Crippen molar-refractivity contribution in [3.05, 3.63) is 47.7 Å². The van der Waals surface area contributed by atoms with Gasteiger partial charge in [-0.05, 0) is 56.2 Å². The van der Waals surface area contributed by atoms with Crippen LogP contribution < -0.4 is 10.6 Å². The summed E-state index contributed by atoms with van der Waals surface area (Å²) in [5, 5.41) is 14.0. The van der Waals surface area contributed by atoms with Crippen LogP contribution in [0.4, 0.5) is 13.2 Å². The topological polar surface area (TPSA) is 106 Å². The third kappa shape index (κ3) is 5.39. The van der Waals surface area contributed by atoms with Crippen molar-refractivity contribution in [2.75, 3.05) is 0 Å². The molecule has 1 unspecified atom stereocenters. The van der Waals surface area contributed by atoms with Crippen molar-refractivity contribution in [3.8, 4) is 0 Å². The van der Waals surface area contributed by atoms with Crippen LogP contribution in [0.15, 0.2) is 30.6 Å². The van der Waals surface area contributed by atoms with E-state index in [1.165, 1.54) is 0 Å². The van der Waals surface area contributed by atoms with Crippen molar-refractivity contribution in [2.24, 2.45) is 17.8 Å². The summed E-state index contributed by atoms with van der Waals surface area (Å²) < 4.78 is 42.4. The molecule has 3 aromatic heterocycles. The number of nitrogens with one attached hydrogen (secondary N) is 2. The second-order valence-corrected chi connectivity index (χ2v) is 10.5. The highest BCUT2D eigenvalue weighted by atomic mass is 19.4. The highest BCUT2D eigenvalue weighted by Crippen LogP contribution is 2.37. The number of aromatic nitrogens is 5. The van der Waals surface area contributed by atoms with Crippen molar-refractivity contribution in [2.45, 2.75) is 77.2 Å². The Labute approximate surface area is 218 Å². The number of imidazole rings is 1. The van der Waals surface area contributed by atoms with Crippen molar-refractivity contribution in [3.63, 3.8) is 0 Å². The molecule has 204 valence electrons. The van der Waals surface area contributed by atoms with Crippen LogP contribution >= 0.6 is 0 Å². The predicted octanol–water partition coefficient (Wildman–Crippen LogP) is 3.85. The van der Waals surface area contributed by atoms with Gasteiger partial charge in [0.25, 0.3) is 5.91 Å². The van der Waals surface area contributed by atoms with E-state index in [1.807, 2.05) is 12.2 Å². The molecule has 1 saturated carbocycles. The Bertz CT molecular complexity index is 1310. The van der Waals surface area contributed by atoms with E-state index in [2.05, 4.69) is 22.4 Å². The van der Waals surface area contributed by atoms with E-state index in [0.717, 1.165) is 25.7 Å². The van der Waals surface area contributed by atoms with Crippen molar-refractivity contribution >= 4 is 17.5 Å². The molecule has 0 spiro atoms. The lowest BCUT2D eigenvalue weighted by atomic mass is 9.78. The van der Waals surface area contributed by atoms with Gasteiger partial charge in [0.15, 0.2) is 5.65 Å². The van der Waals surface area contributed by atoms with Crippen LogP contribution in [-0.4, -0.2) is 48.4 Å². The Morgan fingerprint density at radius 1 is 1.21 bits per heavy atom. The molecule has 2 N–H and O–H groups in total. The average Bonchev–Trinajstić information content (AvgIpc) is 3.61. The van der Waals surface area contributed by atoms with Gasteiger partial charge in [0.1, 0.15) is 11.7 Å². The zero-order chi connectivity index (χ0) is 27.0. The minimum atomic E-state index is -4.47. The van der Waals surface area contributed by atoms with Gasteiger partial charge in [-0.25, -0.2) is 9.50 Å². The standard InChI is InChI=1S/C26H32F3N7O2/c1-3-35-20(10-11-30-35)25(38)33-23(16-6-4-15(2)5-7-16)19-14-36-22(31-19)9-8-18(34-36)12-17-13-21(26(27,28)29)32-24(17)37/h8-11,14-17,21,23H,3-7,12-13H2,1-2H3,(H,32,37)(H,33,38)/t15?,16?,17?,21-,23-/m0/s1. The fraction of sp³-hybridized carbons (Fsp3) is 0.577. The molecule has 38 heavy (non-hydrogen) atoms. The van der Waals surface area contributed by atoms with Crippen LogP contribution in [0.2, 0.25) is 0 Å². The normalized spacial score (nSPS) is 24.9. The van der Waals surface area contributed by atoms with Gasteiger partial charge < -0.3 is 10.6 Å². The van der Waals surface area contributed by atoms with Gasteiger partial charge in [0.2, 0.25) is 5.91 Å². The third-order valence-electron chi connectivity index (χ3n) is 7.84. The van der Waals surface area contributed by atoms with Gasteiger partial charge >= 0.3 is 6.18 Å². The number of fused-ring (bicyclic) bond motifs is 1. The number of nitrogens with zero attached hydrogens (tertiary/aromatic N) is 5. The van der Waals surface area contributed by atoms with Crippen LogP contribution in [0.25, 0.3) is 5.65 Å². The SMILES string of the molecule is CCn1nccc1C(=O)N[C@H](c1cn2nc(CC3C[C@@H](C(F)(F)F)NC3=O)ccc2n1)C1CCC(C)CC1. The van der Waals surface area contributed by atoms with E-state index in [1.54, 1.807) is 39.8 Å². The molecule has 0 bridgehead atoms. The van der Waals surface area contributed by atoms with Crippen LogP contribution in [0.1, 0.15) is 73.9 Å². The van der Waals surface area contributed by atoms with Crippen molar-refractivity contribution in [1.82, 2.24) is 35.0 Å². The number of aryl methyl sites for hydroxylation is 1. The highest BCUT2D eigenvalue weighted by Gasteiger charge is 2.47. The van der Waals surface area contributed by atoms with E-state index in [0.29, 0.717) is 35.2 Å². The largest absolute Gasteiger partial charge is 0.408 e. The Kier molecular flexibility index (Phi) is 7.15. The van der Waals surface area contributed by atoms with Crippen LogP contribution in [-0.2, 0) is 17.8 Å². The molecule has 0 radical (unpaired) electrons. The van der Waals surface area contributed by atoms with Gasteiger partial charge in [0.05, 0.1) is 23.6 Å². The molecule has 1 aliphatic carbocycles. The maximum atomic E-state index is 13.2. The summed E-state index contributed by atoms with van der Waals surface area (Å²) in [7, 11) is 0. The van der Waals surface area contributed by atoms with E-state index < -0.39 is 24.0 Å². The summed E-state index contributed by atoms with van der Waals surface area (Å²) in [5.74, 6) is -0.779. The molecule has 3 aromatic rings. The lowest BCUT2D eigenvalue weighted by Gasteiger charge is -2.32. The van der Waals surface area contributed by atoms with E-state index in [-0.39, 0.29) is 30.7 Å². The fourth-order valence-electron chi connectivity index (χ4n) is 5.63. The van der Waals surface area contributed by atoms with Gasteiger partial charge in [-0.3, -0.25) is 14.3 Å². The molecule has 9 nitrogen and oxygen atoms in total. The number of hydrogen-bond acceptors (Lipinski definition) is 5. The molecule has 1 aliphatic heterocycles.